The van der Waals surface area contributed by atoms with Crippen molar-refractivity contribution in [3.05, 3.63) is 29.0 Å². The highest BCUT2D eigenvalue weighted by Gasteiger charge is 2.54. The van der Waals surface area contributed by atoms with E-state index in [4.69, 9.17) is 36.1 Å². The molecular formula is C19H30BCl2FN2O5. The van der Waals surface area contributed by atoms with Crippen molar-refractivity contribution in [2.24, 2.45) is 5.73 Å². The van der Waals surface area contributed by atoms with Crippen LogP contribution in [0, 0.1) is 5.82 Å². The van der Waals surface area contributed by atoms with Crippen molar-refractivity contribution in [1.29, 1.82) is 0 Å². The maximum atomic E-state index is 13.9. The second-order valence-electron chi connectivity index (χ2n) is 8.01. The van der Waals surface area contributed by atoms with Crippen molar-refractivity contribution in [2.75, 3.05) is 20.3 Å². The first-order valence-corrected chi connectivity index (χ1v) is 9.83. The van der Waals surface area contributed by atoms with E-state index < -0.39 is 42.0 Å². The third-order valence-electron chi connectivity index (χ3n) is 5.19. The number of amides is 1. The Balaban J connectivity index is 0.00000450. The molecule has 1 aromatic rings. The number of nitrogens with one attached hydrogen (secondary N) is 1. The highest BCUT2D eigenvalue weighted by Crippen LogP contribution is 2.37. The average Bonchev–Trinajstić information content (AvgIpc) is 2.83. The molecule has 30 heavy (non-hydrogen) atoms. The Labute approximate surface area is 188 Å². The van der Waals surface area contributed by atoms with Crippen LogP contribution in [0.3, 0.4) is 0 Å². The Morgan fingerprint density at radius 2 is 1.90 bits per heavy atom. The lowest BCUT2D eigenvalue weighted by atomic mass is 9.76. The zero-order chi connectivity index (χ0) is 21.8. The molecule has 2 atom stereocenters. The topological polar surface area (TPSA) is 92.0 Å². The molecule has 1 amide bonds. The fraction of sp³-hybridized carbons (Fsp3) is 0.632. The van der Waals surface area contributed by atoms with E-state index in [0.717, 1.165) is 0 Å². The summed E-state index contributed by atoms with van der Waals surface area (Å²) in [5.74, 6) is -1.44. The van der Waals surface area contributed by atoms with E-state index >= 15 is 0 Å². The minimum absolute atomic E-state index is 0. The van der Waals surface area contributed by atoms with Gasteiger partial charge in [-0.25, -0.2) is 4.39 Å². The predicted octanol–water partition coefficient (Wildman–Crippen LogP) is 2.76. The molecule has 0 aliphatic carbocycles. The Hall–Kier alpha value is -1.10. The molecule has 3 N–H and O–H groups in total. The SMILES string of the molecule is COC[C@@H](N)C(=O)N[C@@H](CCOc1ccc(Cl)cc1F)B1OC(C)(C)C(C)(C)O1.Cl. The summed E-state index contributed by atoms with van der Waals surface area (Å²) in [6.07, 6.45) is 0.310. The third-order valence-corrected chi connectivity index (χ3v) is 5.43. The first-order valence-electron chi connectivity index (χ1n) is 9.45. The minimum Gasteiger partial charge on any atom is -0.490 e. The van der Waals surface area contributed by atoms with Crippen LogP contribution in [0.1, 0.15) is 34.1 Å². The van der Waals surface area contributed by atoms with Gasteiger partial charge in [0.15, 0.2) is 11.6 Å². The number of hydrogen-bond donors (Lipinski definition) is 2. The number of hydrogen-bond acceptors (Lipinski definition) is 6. The van der Waals surface area contributed by atoms with E-state index in [2.05, 4.69) is 5.32 Å². The first-order chi connectivity index (χ1) is 13.5. The number of halogens is 3. The number of ether oxygens (including phenoxy) is 2. The van der Waals surface area contributed by atoms with Gasteiger partial charge in [-0.15, -0.1) is 12.4 Å². The van der Waals surface area contributed by atoms with Gasteiger partial charge in [-0.3, -0.25) is 4.79 Å². The zero-order valence-corrected chi connectivity index (χ0v) is 19.4. The summed E-state index contributed by atoms with van der Waals surface area (Å²) in [6, 6.07) is 3.33. The van der Waals surface area contributed by atoms with Crippen molar-refractivity contribution in [3.8, 4) is 5.75 Å². The van der Waals surface area contributed by atoms with Crippen LogP contribution < -0.4 is 15.8 Å². The molecule has 2 rings (SSSR count). The fourth-order valence-electron chi connectivity index (χ4n) is 2.76. The summed E-state index contributed by atoms with van der Waals surface area (Å²) in [5.41, 5.74) is 4.68. The fourth-order valence-corrected chi connectivity index (χ4v) is 2.92. The molecule has 0 spiro atoms. The minimum atomic E-state index is -0.834. The summed E-state index contributed by atoms with van der Waals surface area (Å²) < 4.78 is 36.5. The maximum Gasteiger partial charge on any atom is 0.481 e. The molecule has 0 aromatic heterocycles. The highest BCUT2D eigenvalue weighted by molar-refractivity contribution is 6.48. The number of rotatable bonds is 9. The Bertz CT molecular complexity index is 710. The van der Waals surface area contributed by atoms with Crippen LogP contribution in [-0.2, 0) is 18.8 Å². The summed E-state index contributed by atoms with van der Waals surface area (Å²) in [4.78, 5) is 12.4. The summed E-state index contributed by atoms with van der Waals surface area (Å²) >= 11 is 5.76. The molecular weight excluding hydrogens is 437 g/mol. The van der Waals surface area contributed by atoms with Crippen LogP contribution in [0.4, 0.5) is 4.39 Å². The molecule has 11 heteroatoms. The van der Waals surface area contributed by atoms with Crippen LogP contribution in [-0.4, -0.2) is 56.5 Å². The molecule has 0 bridgehead atoms. The van der Waals surface area contributed by atoms with Gasteiger partial charge in [-0.1, -0.05) is 11.6 Å². The number of carbonyl (C=O) groups excluding carboxylic acids is 1. The maximum absolute atomic E-state index is 13.9. The molecule has 7 nitrogen and oxygen atoms in total. The zero-order valence-electron chi connectivity index (χ0n) is 17.9. The lowest BCUT2D eigenvalue weighted by Gasteiger charge is -2.32. The molecule has 1 saturated heterocycles. The van der Waals surface area contributed by atoms with Crippen LogP contribution in [0.15, 0.2) is 18.2 Å². The number of methoxy groups -OCH3 is 1. The van der Waals surface area contributed by atoms with E-state index in [1.54, 1.807) is 0 Å². The van der Waals surface area contributed by atoms with E-state index in [9.17, 15) is 9.18 Å². The van der Waals surface area contributed by atoms with Gasteiger partial charge >= 0.3 is 7.12 Å². The lowest BCUT2D eigenvalue weighted by molar-refractivity contribution is -0.123. The van der Waals surface area contributed by atoms with E-state index in [1.165, 1.54) is 25.3 Å². The predicted molar refractivity (Wildman–Crippen MR) is 117 cm³/mol. The Morgan fingerprint density at radius 1 is 1.30 bits per heavy atom. The number of nitrogens with two attached hydrogens (primary N) is 1. The van der Waals surface area contributed by atoms with Gasteiger partial charge in [-0.05, 0) is 45.9 Å². The van der Waals surface area contributed by atoms with Gasteiger partial charge in [0.05, 0.1) is 30.4 Å². The van der Waals surface area contributed by atoms with Crippen molar-refractivity contribution in [3.63, 3.8) is 0 Å². The highest BCUT2D eigenvalue weighted by atomic mass is 35.5. The second-order valence-corrected chi connectivity index (χ2v) is 8.45. The summed E-state index contributed by atoms with van der Waals surface area (Å²) in [7, 11) is 0.755. The van der Waals surface area contributed by atoms with E-state index in [1.807, 2.05) is 27.7 Å². The molecule has 1 fully saturated rings. The summed E-state index contributed by atoms with van der Waals surface area (Å²) in [6.45, 7) is 7.87. The third kappa shape index (κ3) is 6.70. The Kier molecular flexibility index (Phi) is 9.85. The molecule has 1 aromatic carbocycles. The van der Waals surface area contributed by atoms with Crippen LogP contribution in [0.5, 0.6) is 5.75 Å². The van der Waals surface area contributed by atoms with Crippen LogP contribution >= 0.6 is 24.0 Å². The molecule has 0 unspecified atom stereocenters. The van der Waals surface area contributed by atoms with Crippen molar-refractivity contribution < 1.29 is 28.0 Å². The van der Waals surface area contributed by atoms with Gasteiger partial charge < -0.3 is 29.8 Å². The monoisotopic (exact) mass is 466 g/mol. The first kappa shape index (κ1) is 26.9. The quantitative estimate of drug-likeness (QED) is 0.543. The molecule has 0 saturated carbocycles. The number of benzene rings is 1. The normalized spacial score (nSPS) is 19.0. The van der Waals surface area contributed by atoms with E-state index in [-0.39, 0.29) is 36.4 Å². The lowest BCUT2D eigenvalue weighted by Crippen LogP contribution is -2.54. The van der Waals surface area contributed by atoms with Crippen molar-refractivity contribution in [2.45, 2.75) is 57.3 Å². The molecule has 1 heterocycles. The van der Waals surface area contributed by atoms with Crippen molar-refractivity contribution in [1.82, 2.24) is 5.32 Å². The average molecular weight is 467 g/mol. The van der Waals surface area contributed by atoms with Gasteiger partial charge in [0, 0.05) is 18.6 Å². The van der Waals surface area contributed by atoms with Gasteiger partial charge in [0.2, 0.25) is 5.91 Å². The molecule has 1 aliphatic rings. The number of carbonyl (C=O) groups is 1. The van der Waals surface area contributed by atoms with Crippen molar-refractivity contribution >= 4 is 37.0 Å². The van der Waals surface area contributed by atoms with Gasteiger partial charge in [0.25, 0.3) is 0 Å². The second kappa shape index (κ2) is 11.0. The van der Waals surface area contributed by atoms with Gasteiger partial charge in [0.1, 0.15) is 6.04 Å². The summed E-state index contributed by atoms with van der Waals surface area (Å²) in [5, 5.41) is 3.12. The molecule has 170 valence electrons. The van der Waals surface area contributed by atoms with E-state index in [0.29, 0.717) is 6.42 Å². The Morgan fingerprint density at radius 3 is 2.43 bits per heavy atom. The molecule has 0 radical (unpaired) electrons. The molecule has 1 aliphatic heterocycles. The van der Waals surface area contributed by atoms with Crippen LogP contribution in [0.2, 0.25) is 5.02 Å². The smallest absolute Gasteiger partial charge is 0.481 e. The van der Waals surface area contributed by atoms with Crippen LogP contribution in [0.25, 0.3) is 0 Å². The van der Waals surface area contributed by atoms with Gasteiger partial charge in [-0.2, -0.15) is 0 Å². The standard InChI is InChI=1S/C19H29BClFN2O5.ClH/c1-18(2)19(3,4)29-20(28-18)16(24-17(25)14(23)11-26-5)8-9-27-15-7-6-12(21)10-13(15)22;/h6-7,10,14,16H,8-9,11,23H2,1-5H3,(H,24,25);1H/t14-,16+;/m1./s1. The largest absolute Gasteiger partial charge is 0.490 e.